The van der Waals surface area contributed by atoms with Crippen LogP contribution < -0.4 is 5.32 Å². The summed E-state index contributed by atoms with van der Waals surface area (Å²) in [6.07, 6.45) is 3.13. The molecule has 2 N–H and O–H groups in total. The fourth-order valence-corrected chi connectivity index (χ4v) is 4.18. The van der Waals surface area contributed by atoms with Crippen molar-refractivity contribution in [1.29, 1.82) is 0 Å². The third-order valence-corrected chi connectivity index (χ3v) is 5.54. The van der Waals surface area contributed by atoms with Crippen LogP contribution in [0.2, 0.25) is 0 Å². The number of aromatic amines is 1. The number of fused-ring (bicyclic) bond motifs is 2. The number of piperidine rings is 1. The standard InChI is InChI=1S/C17H19N3OS/c21-17(19-15-11-20-9-7-13(15)10-20)12-3-5-14(6-4-12)22-16-2-1-8-18-16/h1-6,8,13,15,18H,7,9-11H2,(H,19,21)/t13-,15?/m0/s1. The molecular weight excluding hydrogens is 294 g/mol. The molecule has 0 aliphatic carbocycles. The number of H-pyrrole nitrogens is 1. The van der Waals surface area contributed by atoms with Crippen LogP contribution in [0.4, 0.5) is 0 Å². The highest BCUT2D eigenvalue weighted by Gasteiger charge is 2.38. The summed E-state index contributed by atoms with van der Waals surface area (Å²) in [5.74, 6) is 0.696. The fraction of sp³-hybridized carbons (Fsp3) is 0.353. The van der Waals surface area contributed by atoms with E-state index in [1.165, 1.54) is 13.0 Å². The molecule has 2 unspecified atom stereocenters. The van der Waals surface area contributed by atoms with Crippen molar-refractivity contribution in [3.63, 3.8) is 0 Å². The van der Waals surface area contributed by atoms with Crippen LogP contribution in [-0.2, 0) is 0 Å². The molecule has 1 amide bonds. The molecule has 4 rings (SSSR count). The number of aromatic nitrogens is 1. The Balaban J connectivity index is 1.38. The molecule has 0 spiro atoms. The van der Waals surface area contributed by atoms with Crippen molar-refractivity contribution in [2.24, 2.45) is 5.92 Å². The van der Waals surface area contributed by atoms with Gasteiger partial charge in [0.1, 0.15) is 0 Å². The van der Waals surface area contributed by atoms with Crippen LogP contribution in [0.1, 0.15) is 16.8 Å². The van der Waals surface area contributed by atoms with E-state index in [1.54, 1.807) is 11.8 Å². The smallest absolute Gasteiger partial charge is 0.251 e. The SMILES string of the molecule is O=C(NC1CN2CC[C@H]1C2)c1ccc(Sc2ccc[nH]2)cc1. The van der Waals surface area contributed by atoms with Crippen molar-refractivity contribution in [2.75, 3.05) is 19.6 Å². The van der Waals surface area contributed by atoms with Gasteiger partial charge in [-0.3, -0.25) is 4.79 Å². The van der Waals surface area contributed by atoms with Crippen molar-refractivity contribution >= 4 is 17.7 Å². The zero-order chi connectivity index (χ0) is 14.9. The number of benzene rings is 1. The Morgan fingerprint density at radius 3 is 2.73 bits per heavy atom. The highest BCUT2D eigenvalue weighted by Crippen LogP contribution is 2.28. The molecule has 3 heterocycles. The minimum Gasteiger partial charge on any atom is -0.356 e. The zero-order valence-corrected chi connectivity index (χ0v) is 13.1. The van der Waals surface area contributed by atoms with E-state index < -0.39 is 0 Å². The fourth-order valence-electron chi connectivity index (χ4n) is 3.38. The molecule has 2 bridgehead atoms. The van der Waals surface area contributed by atoms with E-state index >= 15 is 0 Å². The van der Waals surface area contributed by atoms with Crippen LogP contribution in [0.5, 0.6) is 0 Å². The van der Waals surface area contributed by atoms with Crippen LogP contribution >= 0.6 is 11.8 Å². The minimum absolute atomic E-state index is 0.0511. The lowest BCUT2D eigenvalue weighted by molar-refractivity contribution is 0.0924. The summed E-state index contributed by atoms with van der Waals surface area (Å²) in [5.41, 5.74) is 0.744. The summed E-state index contributed by atoms with van der Waals surface area (Å²) in [4.78, 5) is 19.1. The summed E-state index contributed by atoms with van der Waals surface area (Å²) in [6, 6.07) is 12.2. The first-order valence-electron chi connectivity index (χ1n) is 7.72. The highest BCUT2D eigenvalue weighted by molar-refractivity contribution is 7.99. The molecule has 5 heteroatoms. The van der Waals surface area contributed by atoms with Crippen molar-refractivity contribution in [3.05, 3.63) is 48.2 Å². The maximum Gasteiger partial charge on any atom is 0.251 e. The first-order chi connectivity index (χ1) is 10.8. The van der Waals surface area contributed by atoms with E-state index in [-0.39, 0.29) is 5.91 Å². The van der Waals surface area contributed by atoms with Gasteiger partial charge in [-0.25, -0.2) is 0 Å². The molecule has 2 aliphatic rings. The molecular formula is C17H19N3OS. The average Bonchev–Trinajstić information content (AvgIpc) is 3.25. The van der Waals surface area contributed by atoms with Gasteiger partial charge in [-0.2, -0.15) is 0 Å². The molecule has 4 nitrogen and oxygen atoms in total. The number of carbonyl (C=O) groups excluding carboxylic acids is 1. The molecule has 2 aliphatic heterocycles. The summed E-state index contributed by atoms with van der Waals surface area (Å²) in [7, 11) is 0. The van der Waals surface area contributed by atoms with E-state index in [4.69, 9.17) is 0 Å². The Hall–Kier alpha value is -1.72. The van der Waals surface area contributed by atoms with Crippen LogP contribution in [0.25, 0.3) is 0 Å². The Bertz CT molecular complexity index is 653. The lowest BCUT2D eigenvalue weighted by Crippen LogP contribution is -2.43. The maximum atomic E-state index is 12.4. The maximum absolute atomic E-state index is 12.4. The lowest BCUT2D eigenvalue weighted by Gasteiger charge is -2.23. The van der Waals surface area contributed by atoms with Gasteiger partial charge in [0.05, 0.1) is 5.03 Å². The molecule has 3 atom stereocenters. The highest BCUT2D eigenvalue weighted by atomic mass is 32.2. The van der Waals surface area contributed by atoms with Crippen molar-refractivity contribution < 1.29 is 4.79 Å². The van der Waals surface area contributed by atoms with Gasteiger partial charge in [-0.05, 0) is 55.3 Å². The predicted molar refractivity (Wildman–Crippen MR) is 87.2 cm³/mol. The van der Waals surface area contributed by atoms with E-state index in [2.05, 4.69) is 15.2 Å². The third kappa shape index (κ3) is 2.78. The third-order valence-electron chi connectivity index (χ3n) is 4.56. The minimum atomic E-state index is 0.0511. The van der Waals surface area contributed by atoms with Gasteiger partial charge in [0, 0.05) is 35.8 Å². The monoisotopic (exact) mass is 313 g/mol. The van der Waals surface area contributed by atoms with E-state index in [1.807, 2.05) is 42.6 Å². The number of carbonyl (C=O) groups is 1. The number of nitrogens with zero attached hydrogens (tertiary/aromatic N) is 1. The average molecular weight is 313 g/mol. The van der Waals surface area contributed by atoms with Gasteiger partial charge in [-0.15, -0.1) is 0 Å². The lowest BCUT2D eigenvalue weighted by atomic mass is 9.99. The second-order valence-corrected chi connectivity index (χ2v) is 7.16. The second kappa shape index (κ2) is 5.82. The number of hydrogen-bond acceptors (Lipinski definition) is 3. The molecule has 0 radical (unpaired) electrons. The van der Waals surface area contributed by atoms with Crippen LogP contribution in [0.15, 0.2) is 52.5 Å². The number of amides is 1. The van der Waals surface area contributed by atoms with Gasteiger partial charge in [0.25, 0.3) is 5.91 Å². The van der Waals surface area contributed by atoms with Crippen LogP contribution in [0, 0.1) is 5.92 Å². The molecule has 1 aromatic carbocycles. The topological polar surface area (TPSA) is 48.1 Å². The van der Waals surface area contributed by atoms with E-state index in [9.17, 15) is 4.79 Å². The first kappa shape index (κ1) is 13.9. The molecule has 2 fully saturated rings. The Morgan fingerprint density at radius 1 is 1.23 bits per heavy atom. The Labute approximate surface area is 134 Å². The Kier molecular flexibility index (Phi) is 3.68. The second-order valence-electron chi connectivity index (χ2n) is 6.05. The Morgan fingerprint density at radius 2 is 2.09 bits per heavy atom. The summed E-state index contributed by atoms with van der Waals surface area (Å²) >= 11 is 1.66. The van der Waals surface area contributed by atoms with Gasteiger partial charge in [-0.1, -0.05) is 11.8 Å². The molecule has 114 valence electrons. The predicted octanol–water partition coefficient (Wildman–Crippen LogP) is 2.60. The van der Waals surface area contributed by atoms with Gasteiger partial charge >= 0.3 is 0 Å². The summed E-state index contributed by atoms with van der Waals surface area (Å²) < 4.78 is 0. The number of rotatable bonds is 4. The molecule has 2 saturated heterocycles. The van der Waals surface area contributed by atoms with Crippen molar-refractivity contribution in [3.8, 4) is 0 Å². The normalized spacial score (nSPS) is 26.3. The first-order valence-corrected chi connectivity index (χ1v) is 8.54. The molecule has 22 heavy (non-hydrogen) atoms. The molecule has 1 aromatic heterocycles. The largest absolute Gasteiger partial charge is 0.356 e. The number of hydrogen-bond donors (Lipinski definition) is 2. The van der Waals surface area contributed by atoms with Gasteiger partial charge in [0.2, 0.25) is 0 Å². The summed E-state index contributed by atoms with van der Waals surface area (Å²) in [6.45, 7) is 3.36. The van der Waals surface area contributed by atoms with Crippen LogP contribution in [0.3, 0.4) is 0 Å². The van der Waals surface area contributed by atoms with Gasteiger partial charge < -0.3 is 15.2 Å². The van der Waals surface area contributed by atoms with Crippen LogP contribution in [-0.4, -0.2) is 41.5 Å². The molecule has 2 aromatic rings. The van der Waals surface area contributed by atoms with E-state index in [0.717, 1.165) is 28.6 Å². The molecule has 0 saturated carbocycles. The van der Waals surface area contributed by atoms with Gasteiger partial charge in [0.15, 0.2) is 0 Å². The van der Waals surface area contributed by atoms with E-state index in [0.29, 0.717) is 12.0 Å². The van der Waals surface area contributed by atoms with Crippen molar-refractivity contribution in [2.45, 2.75) is 22.4 Å². The van der Waals surface area contributed by atoms with Crippen molar-refractivity contribution in [1.82, 2.24) is 15.2 Å². The zero-order valence-electron chi connectivity index (χ0n) is 12.3. The quantitative estimate of drug-likeness (QED) is 0.912. The summed E-state index contributed by atoms with van der Waals surface area (Å²) in [5, 5.41) is 4.30. The number of nitrogens with one attached hydrogen (secondary N) is 2.